The van der Waals surface area contributed by atoms with Crippen molar-refractivity contribution < 1.29 is 19.5 Å². The van der Waals surface area contributed by atoms with Crippen LogP contribution in [0, 0.1) is 0 Å². The van der Waals surface area contributed by atoms with Crippen LogP contribution in [0.5, 0.6) is 11.5 Å². The lowest BCUT2D eigenvalue weighted by Gasteiger charge is -2.28. The third-order valence-electron chi connectivity index (χ3n) is 4.12. The molecule has 0 radical (unpaired) electrons. The first-order chi connectivity index (χ1) is 9.76. The summed E-state index contributed by atoms with van der Waals surface area (Å²) in [5.74, 6) is 1.69. The Morgan fingerprint density at radius 3 is 2.25 bits per heavy atom. The van der Waals surface area contributed by atoms with E-state index in [1.165, 1.54) is 31.2 Å². The molecule has 0 aromatic heterocycles. The Morgan fingerprint density at radius 1 is 1.00 bits per heavy atom. The summed E-state index contributed by atoms with van der Waals surface area (Å²) in [6, 6.07) is 6.61. The zero-order valence-electron chi connectivity index (χ0n) is 12.7. The van der Waals surface area contributed by atoms with E-state index in [4.69, 9.17) is 14.2 Å². The van der Waals surface area contributed by atoms with Crippen LogP contribution in [-0.2, 0) is 11.3 Å². The first-order valence-corrected chi connectivity index (χ1v) is 7.35. The summed E-state index contributed by atoms with van der Waals surface area (Å²) in [6.07, 6.45) is 5.40. The maximum absolute atomic E-state index is 5.60. The molecule has 4 heteroatoms. The lowest BCUT2D eigenvalue weighted by molar-refractivity contribution is -0.713. The van der Waals surface area contributed by atoms with Gasteiger partial charge in [-0.2, -0.15) is 0 Å². The second kappa shape index (κ2) is 7.50. The van der Waals surface area contributed by atoms with Gasteiger partial charge in [-0.3, -0.25) is 0 Å². The molecular formula is C16H26NO3+. The summed E-state index contributed by atoms with van der Waals surface area (Å²) >= 11 is 0. The van der Waals surface area contributed by atoms with E-state index in [-0.39, 0.29) is 0 Å². The topological polar surface area (TPSA) is 44.3 Å². The number of nitrogens with two attached hydrogens (primary N) is 1. The molecule has 1 aliphatic carbocycles. The van der Waals surface area contributed by atoms with Crippen molar-refractivity contribution in [2.75, 3.05) is 21.3 Å². The summed E-state index contributed by atoms with van der Waals surface area (Å²) in [5.41, 5.74) is 1.22. The number of quaternary nitrogens is 1. The molecule has 2 N–H and O–H groups in total. The largest absolute Gasteiger partial charge is 0.497 e. The molecule has 0 unspecified atom stereocenters. The smallest absolute Gasteiger partial charge is 0.123 e. The Labute approximate surface area is 121 Å². The number of hydrogen-bond acceptors (Lipinski definition) is 3. The first-order valence-electron chi connectivity index (χ1n) is 7.35. The fraction of sp³-hybridized carbons (Fsp3) is 0.625. The minimum Gasteiger partial charge on any atom is -0.497 e. The molecule has 1 aromatic rings. The molecule has 0 bridgehead atoms. The summed E-state index contributed by atoms with van der Waals surface area (Å²) in [5, 5.41) is 2.39. The van der Waals surface area contributed by atoms with Crippen LogP contribution >= 0.6 is 0 Å². The Hall–Kier alpha value is -1.26. The van der Waals surface area contributed by atoms with Crippen molar-refractivity contribution in [3.05, 3.63) is 23.8 Å². The molecule has 20 heavy (non-hydrogen) atoms. The van der Waals surface area contributed by atoms with Crippen LogP contribution in [0.2, 0.25) is 0 Å². The van der Waals surface area contributed by atoms with Crippen LogP contribution in [0.4, 0.5) is 0 Å². The van der Waals surface area contributed by atoms with Gasteiger partial charge >= 0.3 is 0 Å². The second-order valence-corrected chi connectivity index (χ2v) is 5.38. The van der Waals surface area contributed by atoms with Gasteiger partial charge in [-0.15, -0.1) is 0 Å². The van der Waals surface area contributed by atoms with Crippen LogP contribution in [0.1, 0.15) is 31.2 Å². The zero-order chi connectivity index (χ0) is 14.4. The highest BCUT2D eigenvalue weighted by atomic mass is 16.5. The molecule has 1 saturated carbocycles. The van der Waals surface area contributed by atoms with Gasteiger partial charge in [0.2, 0.25) is 0 Å². The van der Waals surface area contributed by atoms with Crippen LogP contribution in [0.25, 0.3) is 0 Å². The summed E-state index contributed by atoms with van der Waals surface area (Å²) < 4.78 is 16.2. The van der Waals surface area contributed by atoms with Gasteiger partial charge in [0, 0.05) is 25.2 Å². The van der Waals surface area contributed by atoms with Crippen LogP contribution in [0.15, 0.2) is 18.2 Å². The maximum Gasteiger partial charge on any atom is 0.123 e. The van der Waals surface area contributed by atoms with Crippen molar-refractivity contribution in [3.63, 3.8) is 0 Å². The summed E-state index contributed by atoms with van der Waals surface area (Å²) in [4.78, 5) is 0. The van der Waals surface area contributed by atoms with Gasteiger partial charge in [-0.25, -0.2) is 0 Å². The standard InChI is InChI=1S/C16H25NO3/c1-18-13-8-12(9-14(10-13)19-2)11-17-15-6-4-5-7-16(15)20-3/h8-10,15-17H,4-7,11H2,1-3H3/p+1/t15-,16+/m1/s1. The minimum atomic E-state index is 0.385. The minimum absolute atomic E-state index is 0.385. The van der Waals surface area contributed by atoms with E-state index in [1.807, 2.05) is 13.2 Å². The fourth-order valence-corrected chi connectivity index (χ4v) is 2.96. The maximum atomic E-state index is 5.60. The molecular weight excluding hydrogens is 254 g/mol. The van der Waals surface area contributed by atoms with E-state index in [0.717, 1.165) is 18.0 Å². The monoisotopic (exact) mass is 280 g/mol. The quantitative estimate of drug-likeness (QED) is 0.863. The number of hydrogen-bond donors (Lipinski definition) is 1. The second-order valence-electron chi connectivity index (χ2n) is 5.38. The van der Waals surface area contributed by atoms with Crippen molar-refractivity contribution in [3.8, 4) is 11.5 Å². The average Bonchev–Trinajstić information content (AvgIpc) is 2.52. The molecule has 0 heterocycles. The molecule has 0 amide bonds. The predicted octanol–water partition coefficient (Wildman–Crippen LogP) is 1.72. The van der Waals surface area contributed by atoms with Gasteiger partial charge in [0.25, 0.3) is 0 Å². The number of ether oxygens (including phenoxy) is 3. The lowest BCUT2D eigenvalue weighted by Crippen LogP contribution is -2.91. The zero-order valence-corrected chi connectivity index (χ0v) is 12.7. The van der Waals surface area contributed by atoms with Gasteiger partial charge < -0.3 is 19.5 Å². The van der Waals surface area contributed by atoms with Gasteiger partial charge in [0.1, 0.15) is 30.2 Å². The van der Waals surface area contributed by atoms with Crippen molar-refractivity contribution in [2.24, 2.45) is 0 Å². The van der Waals surface area contributed by atoms with Crippen LogP contribution in [-0.4, -0.2) is 33.5 Å². The number of benzene rings is 1. The molecule has 4 nitrogen and oxygen atoms in total. The van der Waals surface area contributed by atoms with E-state index in [1.54, 1.807) is 14.2 Å². The first kappa shape index (κ1) is 15.1. The highest BCUT2D eigenvalue weighted by Crippen LogP contribution is 2.22. The third-order valence-corrected chi connectivity index (χ3v) is 4.12. The molecule has 1 fully saturated rings. The number of rotatable bonds is 6. The third kappa shape index (κ3) is 3.87. The van der Waals surface area contributed by atoms with Crippen LogP contribution in [0.3, 0.4) is 0 Å². The Morgan fingerprint density at radius 2 is 1.65 bits per heavy atom. The highest BCUT2D eigenvalue weighted by molar-refractivity contribution is 5.38. The Kier molecular flexibility index (Phi) is 5.68. The molecule has 1 aliphatic rings. The van der Waals surface area contributed by atoms with E-state index in [0.29, 0.717) is 12.1 Å². The van der Waals surface area contributed by atoms with Gasteiger partial charge in [0.05, 0.1) is 14.2 Å². The fourth-order valence-electron chi connectivity index (χ4n) is 2.96. The summed E-state index contributed by atoms with van der Waals surface area (Å²) in [7, 11) is 5.19. The Bertz CT molecular complexity index is 400. The highest BCUT2D eigenvalue weighted by Gasteiger charge is 2.27. The van der Waals surface area contributed by atoms with Crippen molar-refractivity contribution in [1.82, 2.24) is 0 Å². The van der Waals surface area contributed by atoms with Crippen molar-refractivity contribution in [1.29, 1.82) is 0 Å². The number of methoxy groups -OCH3 is 3. The van der Waals surface area contributed by atoms with E-state index in [9.17, 15) is 0 Å². The normalized spacial score (nSPS) is 22.6. The van der Waals surface area contributed by atoms with Gasteiger partial charge in [-0.05, 0) is 25.0 Å². The molecule has 0 spiro atoms. The molecule has 1 aromatic carbocycles. The summed E-state index contributed by atoms with van der Waals surface area (Å²) in [6.45, 7) is 0.929. The predicted molar refractivity (Wildman–Crippen MR) is 78.2 cm³/mol. The average molecular weight is 280 g/mol. The van der Waals surface area contributed by atoms with Crippen molar-refractivity contribution >= 4 is 0 Å². The molecule has 2 atom stereocenters. The van der Waals surface area contributed by atoms with Crippen LogP contribution < -0.4 is 14.8 Å². The molecule has 112 valence electrons. The molecule has 0 aliphatic heterocycles. The van der Waals surface area contributed by atoms with E-state index < -0.39 is 0 Å². The SMILES string of the molecule is COc1cc(C[NH2+][C@@H]2CCCC[C@@H]2OC)cc(OC)c1. The lowest BCUT2D eigenvalue weighted by atomic mass is 9.92. The van der Waals surface area contributed by atoms with Gasteiger partial charge in [-0.1, -0.05) is 6.42 Å². The molecule has 2 rings (SSSR count). The van der Waals surface area contributed by atoms with E-state index in [2.05, 4.69) is 17.4 Å². The molecule has 0 saturated heterocycles. The van der Waals surface area contributed by atoms with E-state index >= 15 is 0 Å². The Balaban J connectivity index is 1.98. The van der Waals surface area contributed by atoms with Crippen molar-refractivity contribution in [2.45, 2.75) is 44.4 Å². The van der Waals surface area contributed by atoms with Gasteiger partial charge in [0.15, 0.2) is 0 Å².